The van der Waals surface area contributed by atoms with Gasteiger partial charge in [0, 0.05) is 56.3 Å². The molecule has 1 aromatic carbocycles. The van der Waals surface area contributed by atoms with Crippen LogP contribution in [0.25, 0.3) is 0 Å². The maximum Gasteiger partial charge on any atom is 0.254 e. The van der Waals surface area contributed by atoms with Gasteiger partial charge in [0.15, 0.2) is 0 Å². The number of amides is 1. The monoisotopic (exact) mass is 500 g/mol. The van der Waals surface area contributed by atoms with Crippen molar-refractivity contribution in [2.24, 2.45) is 0 Å². The number of aryl methyl sites for hydroxylation is 4. The van der Waals surface area contributed by atoms with Gasteiger partial charge in [-0.3, -0.25) is 9.78 Å². The highest BCUT2D eigenvalue weighted by Crippen LogP contribution is 2.28. The number of hydrogen-bond donors (Lipinski definition) is 1. The van der Waals surface area contributed by atoms with Crippen molar-refractivity contribution >= 4 is 11.6 Å². The number of nitrogens with one attached hydrogen (secondary N) is 1. The van der Waals surface area contributed by atoms with Gasteiger partial charge in [0.2, 0.25) is 0 Å². The molecule has 2 aromatic heterocycles. The average molecular weight is 501 g/mol. The van der Waals surface area contributed by atoms with Crippen LogP contribution in [-0.2, 0) is 6.54 Å². The zero-order chi connectivity index (χ0) is 26.4. The van der Waals surface area contributed by atoms with Gasteiger partial charge >= 0.3 is 0 Å². The van der Waals surface area contributed by atoms with Crippen molar-refractivity contribution in [1.29, 1.82) is 0 Å². The molecule has 7 heteroatoms. The van der Waals surface area contributed by atoms with Gasteiger partial charge < -0.3 is 15.1 Å². The Balaban J connectivity index is 1.33. The maximum absolute atomic E-state index is 12.7. The van der Waals surface area contributed by atoms with E-state index in [1.165, 1.54) is 28.7 Å². The fourth-order valence-electron chi connectivity index (χ4n) is 5.24. The Kier molecular flexibility index (Phi) is 8.87. The zero-order valence-corrected chi connectivity index (χ0v) is 22.9. The summed E-state index contributed by atoms with van der Waals surface area (Å²) in [6.07, 6.45) is 8.52. The van der Waals surface area contributed by atoms with Crippen LogP contribution in [0.15, 0.2) is 49.1 Å². The van der Waals surface area contributed by atoms with Gasteiger partial charge in [-0.15, -0.1) is 0 Å². The molecule has 1 saturated heterocycles. The minimum Gasteiger partial charge on any atom is -0.364 e. The molecular formula is C30H40N6O. The van der Waals surface area contributed by atoms with Crippen LogP contribution in [-0.4, -0.2) is 57.5 Å². The molecule has 1 N–H and O–H groups in total. The van der Waals surface area contributed by atoms with Crippen molar-refractivity contribution in [2.75, 3.05) is 24.5 Å². The quantitative estimate of drug-likeness (QED) is 0.456. The fraction of sp³-hybridized carbons (Fsp3) is 0.467. The highest BCUT2D eigenvalue weighted by Gasteiger charge is 2.27. The van der Waals surface area contributed by atoms with Gasteiger partial charge in [0.05, 0.1) is 17.0 Å². The summed E-state index contributed by atoms with van der Waals surface area (Å²) in [7, 11) is 0. The van der Waals surface area contributed by atoms with Crippen LogP contribution in [0.2, 0.25) is 0 Å². The SMILES string of the molecule is Cc1ccc(N(Cc2cnccc2C)C2CCN(C(C)CCNC(=O)c3c(C)ncnc3C)CC2)cc1. The number of nitrogens with zero attached hydrogens (tertiary/aromatic N) is 5. The van der Waals surface area contributed by atoms with Crippen LogP contribution in [0, 0.1) is 27.7 Å². The Hall–Kier alpha value is -3.32. The number of aromatic nitrogens is 3. The first-order valence-electron chi connectivity index (χ1n) is 13.4. The van der Waals surface area contributed by atoms with Crippen LogP contribution in [0.5, 0.6) is 0 Å². The third-order valence-corrected chi connectivity index (χ3v) is 7.72. The first kappa shape index (κ1) is 26.7. The number of carbonyl (C=O) groups excluding carboxylic acids is 1. The predicted molar refractivity (Wildman–Crippen MR) is 149 cm³/mol. The summed E-state index contributed by atoms with van der Waals surface area (Å²) in [4.78, 5) is 30.5. The van der Waals surface area contributed by atoms with Crippen LogP contribution in [0.4, 0.5) is 5.69 Å². The second-order valence-electron chi connectivity index (χ2n) is 10.3. The molecule has 1 aliphatic rings. The summed E-state index contributed by atoms with van der Waals surface area (Å²) < 4.78 is 0. The second-order valence-corrected chi connectivity index (χ2v) is 10.3. The second kappa shape index (κ2) is 12.3. The maximum atomic E-state index is 12.7. The first-order chi connectivity index (χ1) is 17.8. The highest BCUT2D eigenvalue weighted by atomic mass is 16.1. The van der Waals surface area contributed by atoms with Crippen molar-refractivity contribution in [2.45, 2.75) is 72.5 Å². The van der Waals surface area contributed by atoms with E-state index in [1.807, 2.05) is 26.2 Å². The molecular weight excluding hydrogens is 460 g/mol. The minimum absolute atomic E-state index is 0.0825. The number of anilines is 1. The summed E-state index contributed by atoms with van der Waals surface area (Å²) in [5, 5.41) is 3.08. The molecule has 3 aromatic rings. The highest BCUT2D eigenvalue weighted by molar-refractivity contribution is 5.96. The average Bonchev–Trinajstić information content (AvgIpc) is 2.89. The Labute approximate surface area is 221 Å². The number of piperidine rings is 1. The number of pyridine rings is 1. The number of benzene rings is 1. The Morgan fingerprint density at radius 1 is 1.05 bits per heavy atom. The number of rotatable bonds is 9. The van der Waals surface area contributed by atoms with Gasteiger partial charge in [0.1, 0.15) is 6.33 Å². The molecule has 196 valence electrons. The normalized spacial score (nSPS) is 15.4. The largest absolute Gasteiger partial charge is 0.364 e. The Bertz CT molecular complexity index is 1170. The molecule has 4 rings (SSSR count). The van der Waals surface area contributed by atoms with Crippen LogP contribution in [0.3, 0.4) is 0 Å². The molecule has 0 bridgehead atoms. The first-order valence-corrected chi connectivity index (χ1v) is 13.4. The van der Waals surface area contributed by atoms with Crippen molar-refractivity contribution in [3.8, 4) is 0 Å². The summed E-state index contributed by atoms with van der Waals surface area (Å²) in [6.45, 7) is 13.9. The topological polar surface area (TPSA) is 74.2 Å². The standard InChI is InChI=1S/C30H40N6O/c1-21-6-8-27(9-7-21)36(19-26-18-31-14-10-22(26)2)28-12-16-35(17-13-28)23(3)11-15-32-30(37)29-24(4)33-20-34-25(29)5/h6-10,14,18,20,23,28H,11-13,15-17,19H2,1-5H3,(H,32,37). The smallest absolute Gasteiger partial charge is 0.254 e. The predicted octanol–water partition coefficient (Wildman–Crippen LogP) is 4.78. The summed E-state index contributed by atoms with van der Waals surface area (Å²) >= 11 is 0. The minimum atomic E-state index is -0.0825. The molecule has 1 aliphatic heterocycles. The lowest BCUT2D eigenvalue weighted by Gasteiger charge is -2.42. The van der Waals surface area contributed by atoms with Crippen LogP contribution in [0.1, 0.15) is 64.6 Å². The molecule has 0 spiro atoms. The van der Waals surface area contributed by atoms with E-state index < -0.39 is 0 Å². The van der Waals surface area contributed by atoms with E-state index in [0.29, 0.717) is 24.2 Å². The third-order valence-electron chi connectivity index (χ3n) is 7.72. The molecule has 0 radical (unpaired) electrons. The van der Waals surface area contributed by atoms with E-state index in [0.717, 1.165) is 50.3 Å². The van der Waals surface area contributed by atoms with Crippen molar-refractivity contribution in [3.05, 3.63) is 82.7 Å². The molecule has 0 aliphatic carbocycles. The van der Waals surface area contributed by atoms with Crippen molar-refractivity contribution < 1.29 is 4.79 Å². The lowest BCUT2D eigenvalue weighted by atomic mass is 9.98. The molecule has 0 saturated carbocycles. The number of hydrogen-bond acceptors (Lipinski definition) is 6. The summed E-state index contributed by atoms with van der Waals surface area (Å²) in [5.74, 6) is -0.0825. The van der Waals surface area contributed by atoms with Gasteiger partial charge in [-0.1, -0.05) is 17.7 Å². The van der Waals surface area contributed by atoms with Crippen LogP contribution < -0.4 is 10.2 Å². The van der Waals surface area contributed by atoms with Crippen LogP contribution >= 0.6 is 0 Å². The number of likely N-dealkylation sites (tertiary alicyclic amines) is 1. The molecule has 1 unspecified atom stereocenters. The molecule has 1 fully saturated rings. The zero-order valence-electron chi connectivity index (χ0n) is 22.9. The van der Waals surface area contributed by atoms with Gasteiger partial charge in [-0.2, -0.15) is 0 Å². The Morgan fingerprint density at radius 2 is 1.73 bits per heavy atom. The fourth-order valence-corrected chi connectivity index (χ4v) is 5.24. The van der Waals surface area contributed by atoms with E-state index in [1.54, 1.807) is 0 Å². The molecule has 7 nitrogen and oxygen atoms in total. The summed E-state index contributed by atoms with van der Waals surface area (Å²) in [5.41, 5.74) is 7.16. The Morgan fingerprint density at radius 3 is 2.38 bits per heavy atom. The van der Waals surface area contributed by atoms with Gasteiger partial charge in [-0.25, -0.2) is 9.97 Å². The molecule has 3 heterocycles. The van der Waals surface area contributed by atoms with Gasteiger partial charge in [-0.05, 0) is 83.2 Å². The lowest BCUT2D eigenvalue weighted by molar-refractivity contribution is 0.0943. The summed E-state index contributed by atoms with van der Waals surface area (Å²) in [6, 6.07) is 11.9. The molecule has 1 atom stereocenters. The molecule has 37 heavy (non-hydrogen) atoms. The van der Waals surface area contributed by atoms with Gasteiger partial charge in [0.25, 0.3) is 5.91 Å². The van der Waals surface area contributed by atoms with E-state index >= 15 is 0 Å². The van der Waals surface area contributed by atoms with Crippen molar-refractivity contribution in [1.82, 2.24) is 25.2 Å². The number of carbonyl (C=O) groups is 1. The van der Waals surface area contributed by atoms with E-state index in [2.05, 4.69) is 81.2 Å². The van der Waals surface area contributed by atoms with E-state index in [4.69, 9.17) is 0 Å². The third kappa shape index (κ3) is 6.72. The van der Waals surface area contributed by atoms with E-state index in [9.17, 15) is 4.79 Å². The lowest BCUT2D eigenvalue weighted by Crippen LogP contribution is -2.48. The van der Waals surface area contributed by atoms with E-state index in [-0.39, 0.29) is 5.91 Å². The van der Waals surface area contributed by atoms with Crippen molar-refractivity contribution in [3.63, 3.8) is 0 Å². The molecule has 1 amide bonds.